The summed E-state index contributed by atoms with van der Waals surface area (Å²) < 4.78 is 0. The molecule has 0 aromatic carbocycles. The number of hydrogen-bond donors (Lipinski definition) is 2. The van der Waals surface area contributed by atoms with Gasteiger partial charge in [0.2, 0.25) is 5.95 Å². The van der Waals surface area contributed by atoms with E-state index in [1.807, 2.05) is 6.92 Å². The second-order valence-electron chi connectivity index (χ2n) is 3.47. The van der Waals surface area contributed by atoms with Gasteiger partial charge in [0.05, 0.1) is 10.7 Å². The molecule has 0 saturated carbocycles. The molecule has 0 bridgehead atoms. The lowest BCUT2D eigenvalue weighted by Crippen LogP contribution is -2.08. The molecule has 0 atom stereocenters. The lowest BCUT2D eigenvalue weighted by Gasteiger charge is -2.04. The quantitative estimate of drug-likeness (QED) is 0.832. The lowest BCUT2D eigenvalue weighted by molar-refractivity contribution is 0.958. The summed E-state index contributed by atoms with van der Waals surface area (Å²) in [5.41, 5.74) is 6.57. The third kappa shape index (κ3) is 3.54. The zero-order chi connectivity index (χ0) is 12.3. The Morgan fingerprint density at radius 2 is 2.24 bits per heavy atom. The van der Waals surface area contributed by atoms with Crippen molar-refractivity contribution in [1.29, 1.82) is 0 Å². The summed E-state index contributed by atoms with van der Waals surface area (Å²) in [6, 6.07) is 1.64. The minimum atomic E-state index is 0.171. The molecule has 7 heteroatoms. The first-order valence-electron chi connectivity index (χ1n) is 5.08. The van der Waals surface area contributed by atoms with E-state index >= 15 is 0 Å². The minimum absolute atomic E-state index is 0.171. The molecule has 5 nitrogen and oxygen atoms in total. The number of nitrogens with two attached hydrogens (primary N) is 1. The maximum absolute atomic E-state index is 5.77. The fourth-order valence-electron chi connectivity index (χ4n) is 1.37. The highest BCUT2D eigenvalue weighted by atomic mass is 35.5. The van der Waals surface area contributed by atoms with Crippen molar-refractivity contribution >= 4 is 34.7 Å². The maximum atomic E-state index is 5.77. The molecule has 2 aromatic heterocycles. The molecule has 3 N–H and O–H groups in total. The van der Waals surface area contributed by atoms with E-state index in [0.717, 1.165) is 23.7 Å². The van der Waals surface area contributed by atoms with Crippen molar-refractivity contribution in [2.75, 3.05) is 17.6 Å². The Balaban J connectivity index is 1.89. The summed E-state index contributed by atoms with van der Waals surface area (Å²) in [5.74, 6) is 0.805. The standard InChI is InChI=1S/C10H12ClN5S/c1-6-14-7(5-17-6)2-3-13-9-4-8(11)15-10(12)16-9/h4-5H,2-3H2,1H3,(H3,12,13,15,16). The third-order valence-electron chi connectivity index (χ3n) is 2.07. The van der Waals surface area contributed by atoms with Crippen LogP contribution in [0.25, 0.3) is 0 Å². The Bertz CT molecular complexity index is 493. The first-order chi connectivity index (χ1) is 8.13. The smallest absolute Gasteiger partial charge is 0.223 e. The Hall–Kier alpha value is -1.40. The van der Waals surface area contributed by atoms with Crippen molar-refractivity contribution in [3.05, 3.63) is 27.3 Å². The van der Waals surface area contributed by atoms with E-state index in [9.17, 15) is 0 Å². The number of hydrogen-bond acceptors (Lipinski definition) is 6. The summed E-state index contributed by atoms with van der Waals surface area (Å²) in [6.45, 7) is 2.72. The molecular weight excluding hydrogens is 258 g/mol. The Labute approximate surface area is 108 Å². The van der Waals surface area contributed by atoms with Gasteiger partial charge in [-0.1, -0.05) is 11.6 Å². The number of anilines is 2. The summed E-state index contributed by atoms with van der Waals surface area (Å²) in [6.07, 6.45) is 0.839. The predicted molar refractivity (Wildman–Crippen MR) is 70.5 cm³/mol. The normalized spacial score (nSPS) is 10.5. The minimum Gasteiger partial charge on any atom is -0.369 e. The average molecular weight is 270 g/mol. The topological polar surface area (TPSA) is 76.7 Å². The van der Waals surface area contributed by atoms with Crippen molar-refractivity contribution in [2.24, 2.45) is 0 Å². The van der Waals surface area contributed by atoms with Crippen LogP contribution >= 0.6 is 22.9 Å². The molecule has 0 aliphatic heterocycles. The first-order valence-corrected chi connectivity index (χ1v) is 6.34. The Morgan fingerprint density at radius 1 is 1.41 bits per heavy atom. The van der Waals surface area contributed by atoms with E-state index < -0.39 is 0 Å². The van der Waals surface area contributed by atoms with Crippen LogP contribution in [0.5, 0.6) is 0 Å². The van der Waals surface area contributed by atoms with Gasteiger partial charge in [-0.05, 0) is 6.92 Å². The molecule has 2 heterocycles. The number of thiazole rings is 1. The second kappa shape index (κ2) is 5.29. The number of halogens is 1. The van der Waals surface area contributed by atoms with Crippen LogP contribution in [0.4, 0.5) is 11.8 Å². The van der Waals surface area contributed by atoms with E-state index in [2.05, 4.69) is 25.6 Å². The van der Waals surface area contributed by atoms with Crippen molar-refractivity contribution in [3.8, 4) is 0 Å². The zero-order valence-electron chi connectivity index (χ0n) is 9.27. The highest BCUT2D eigenvalue weighted by Gasteiger charge is 2.01. The van der Waals surface area contributed by atoms with Crippen LogP contribution in [0.2, 0.25) is 5.15 Å². The van der Waals surface area contributed by atoms with Gasteiger partial charge in [-0.2, -0.15) is 4.98 Å². The highest BCUT2D eigenvalue weighted by molar-refractivity contribution is 7.09. The van der Waals surface area contributed by atoms with Gasteiger partial charge in [0.1, 0.15) is 11.0 Å². The number of nitrogen functional groups attached to an aromatic ring is 1. The average Bonchev–Trinajstić information content (AvgIpc) is 2.63. The Kier molecular flexibility index (Phi) is 3.75. The van der Waals surface area contributed by atoms with Crippen LogP contribution in [0.15, 0.2) is 11.4 Å². The third-order valence-corrected chi connectivity index (χ3v) is 3.08. The summed E-state index contributed by atoms with van der Waals surface area (Å²) in [5, 5.41) is 6.60. The van der Waals surface area contributed by atoms with Crippen molar-refractivity contribution in [1.82, 2.24) is 15.0 Å². The lowest BCUT2D eigenvalue weighted by atomic mass is 10.3. The number of nitrogens with one attached hydrogen (secondary N) is 1. The summed E-state index contributed by atoms with van der Waals surface area (Å²) in [7, 11) is 0. The van der Waals surface area contributed by atoms with E-state index in [1.165, 1.54) is 0 Å². The fraction of sp³-hybridized carbons (Fsp3) is 0.300. The molecule has 0 amide bonds. The molecule has 2 rings (SSSR count). The largest absolute Gasteiger partial charge is 0.369 e. The van der Waals surface area contributed by atoms with Gasteiger partial charge in [-0.25, -0.2) is 9.97 Å². The van der Waals surface area contributed by atoms with E-state index in [4.69, 9.17) is 17.3 Å². The molecular formula is C10H12ClN5S. The van der Waals surface area contributed by atoms with Crippen LogP contribution in [0.3, 0.4) is 0 Å². The summed E-state index contributed by atoms with van der Waals surface area (Å²) >= 11 is 7.42. The molecule has 0 fully saturated rings. The van der Waals surface area contributed by atoms with Gasteiger partial charge in [0, 0.05) is 24.4 Å². The summed E-state index contributed by atoms with van der Waals surface area (Å²) in [4.78, 5) is 12.2. The zero-order valence-corrected chi connectivity index (χ0v) is 10.8. The number of aromatic nitrogens is 3. The number of nitrogens with zero attached hydrogens (tertiary/aromatic N) is 3. The first kappa shape index (κ1) is 12.1. The molecule has 90 valence electrons. The van der Waals surface area contributed by atoms with Crippen LogP contribution < -0.4 is 11.1 Å². The van der Waals surface area contributed by atoms with Gasteiger partial charge in [0.15, 0.2) is 0 Å². The van der Waals surface area contributed by atoms with Gasteiger partial charge in [-0.3, -0.25) is 0 Å². The fourth-order valence-corrected chi connectivity index (χ4v) is 2.20. The SMILES string of the molecule is Cc1nc(CCNc2cc(Cl)nc(N)n2)cs1. The molecule has 0 aliphatic carbocycles. The Morgan fingerprint density at radius 3 is 2.88 bits per heavy atom. The van der Waals surface area contributed by atoms with Crippen molar-refractivity contribution in [2.45, 2.75) is 13.3 Å². The van der Waals surface area contributed by atoms with E-state index in [-0.39, 0.29) is 5.95 Å². The van der Waals surface area contributed by atoms with Gasteiger partial charge >= 0.3 is 0 Å². The molecule has 17 heavy (non-hydrogen) atoms. The van der Waals surface area contributed by atoms with Crippen LogP contribution in [0.1, 0.15) is 10.7 Å². The van der Waals surface area contributed by atoms with E-state index in [0.29, 0.717) is 11.0 Å². The monoisotopic (exact) mass is 269 g/mol. The number of aryl methyl sites for hydroxylation is 1. The molecule has 0 radical (unpaired) electrons. The van der Waals surface area contributed by atoms with Crippen LogP contribution in [0, 0.1) is 6.92 Å². The molecule has 2 aromatic rings. The van der Waals surface area contributed by atoms with Gasteiger partial charge in [-0.15, -0.1) is 11.3 Å². The molecule has 0 spiro atoms. The van der Waals surface area contributed by atoms with Crippen LogP contribution in [-0.4, -0.2) is 21.5 Å². The highest BCUT2D eigenvalue weighted by Crippen LogP contribution is 2.13. The van der Waals surface area contributed by atoms with Gasteiger partial charge in [0.25, 0.3) is 0 Å². The van der Waals surface area contributed by atoms with Crippen molar-refractivity contribution < 1.29 is 0 Å². The predicted octanol–water partition coefficient (Wildman–Crippen LogP) is 2.13. The molecule has 0 saturated heterocycles. The molecule has 0 unspecified atom stereocenters. The van der Waals surface area contributed by atoms with Crippen LogP contribution in [-0.2, 0) is 6.42 Å². The van der Waals surface area contributed by atoms with E-state index in [1.54, 1.807) is 17.4 Å². The molecule has 0 aliphatic rings. The van der Waals surface area contributed by atoms with Gasteiger partial charge < -0.3 is 11.1 Å². The second-order valence-corrected chi connectivity index (χ2v) is 4.92. The number of rotatable bonds is 4. The van der Waals surface area contributed by atoms with Crippen molar-refractivity contribution in [3.63, 3.8) is 0 Å². The maximum Gasteiger partial charge on any atom is 0.223 e.